The van der Waals surface area contributed by atoms with Crippen molar-refractivity contribution in [2.75, 3.05) is 57.0 Å². The number of hydrogen-bond acceptors (Lipinski definition) is 8. The molecule has 0 spiro atoms. The van der Waals surface area contributed by atoms with E-state index in [1.54, 1.807) is 6.07 Å². The molecule has 2 aromatic rings. The molecule has 1 fully saturated rings. The number of amides is 1. The second-order valence-electron chi connectivity index (χ2n) is 7.29. The molecule has 0 saturated carbocycles. The van der Waals surface area contributed by atoms with Crippen molar-refractivity contribution >= 4 is 34.7 Å². The molecule has 174 valence electrons. The Balaban J connectivity index is 1.59. The first-order chi connectivity index (χ1) is 15.2. The van der Waals surface area contributed by atoms with Gasteiger partial charge in [-0.05, 0) is 13.1 Å². The molecule has 3 rings (SSSR count). The number of nitrogens with zero attached hydrogens (tertiary/aromatic N) is 5. The number of nitrogens with one attached hydrogen (secondary N) is 2. The molecule has 1 saturated heterocycles. The Morgan fingerprint density at radius 3 is 2.69 bits per heavy atom. The van der Waals surface area contributed by atoms with Crippen molar-refractivity contribution in [2.24, 2.45) is 0 Å². The van der Waals surface area contributed by atoms with Crippen LogP contribution in [0.2, 0.25) is 5.15 Å². The van der Waals surface area contributed by atoms with Gasteiger partial charge in [-0.25, -0.2) is 4.98 Å². The molecular weight excluding hydrogens is 451 g/mol. The van der Waals surface area contributed by atoms with Gasteiger partial charge in [0.25, 0.3) is 5.88 Å². The Morgan fingerprint density at radius 1 is 1.22 bits per heavy atom. The van der Waals surface area contributed by atoms with Crippen LogP contribution in [0.15, 0.2) is 24.4 Å². The Kier molecular flexibility index (Phi) is 8.04. The van der Waals surface area contributed by atoms with Crippen LogP contribution in [0.4, 0.5) is 30.4 Å². The fourth-order valence-corrected chi connectivity index (χ4v) is 3.12. The average molecular weight is 474 g/mol. The van der Waals surface area contributed by atoms with Crippen molar-refractivity contribution in [2.45, 2.75) is 12.6 Å². The van der Waals surface area contributed by atoms with Gasteiger partial charge in [0.15, 0.2) is 11.8 Å². The van der Waals surface area contributed by atoms with E-state index in [9.17, 15) is 18.0 Å². The van der Waals surface area contributed by atoms with Crippen LogP contribution >= 0.6 is 11.6 Å². The number of alkyl halides is 3. The van der Waals surface area contributed by atoms with E-state index in [1.807, 2.05) is 0 Å². The van der Waals surface area contributed by atoms with Gasteiger partial charge in [0.1, 0.15) is 11.5 Å². The Bertz CT molecular complexity index is 924. The monoisotopic (exact) mass is 473 g/mol. The lowest BCUT2D eigenvalue weighted by Crippen LogP contribution is -2.45. The van der Waals surface area contributed by atoms with Gasteiger partial charge in [-0.15, -0.1) is 10.2 Å². The molecule has 1 aliphatic rings. The van der Waals surface area contributed by atoms with Crippen LogP contribution in [0, 0.1) is 0 Å². The topological polar surface area (TPSA) is 95.5 Å². The zero-order valence-corrected chi connectivity index (χ0v) is 18.1. The van der Waals surface area contributed by atoms with E-state index in [4.69, 9.17) is 16.3 Å². The smallest absolute Gasteiger partial charge is 0.422 e. The number of carbonyl (C=O) groups is 1. The summed E-state index contributed by atoms with van der Waals surface area (Å²) in [7, 11) is 2.07. The minimum Gasteiger partial charge on any atom is -0.465 e. The van der Waals surface area contributed by atoms with E-state index in [2.05, 4.69) is 42.7 Å². The summed E-state index contributed by atoms with van der Waals surface area (Å²) in [5, 5.41) is 12.6. The third-order valence-electron chi connectivity index (χ3n) is 4.66. The molecule has 0 aromatic carbocycles. The van der Waals surface area contributed by atoms with E-state index in [0.29, 0.717) is 24.5 Å². The van der Waals surface area contributed by atoms with Crippen molar-refractivity contribution in [1.29, 1.82) is 0 Å². The van der Waals surface area contributed by atoms with E-state index in [-0.39, 0.29) is 22.6 Å². The highest BCUT2D eigenvalue weighted by atomic mass is 35.5. The number of likely N-dealkylation sites (N-methyl/N-ethyl adjacent to an activating group) is 1. The highest BCUT2D eigenvalue weighted by Crippen LogP contribution is 2.29. The van der Waals surface area contributed by atoms with Crippen LogP contribution in [0.3, 0.4) is 0 Å². The van der Waals surface area contributed by atoms with E-state index in [1.165, 1.54) is 18.3 Å². The molecule has 0 radical (unpaired) electrons. The number of aromatic nitrogens is 3. The summed E-state index contributed by atoms with van der Waals surface area (Å²) >= 11 is 5.81. The molecular formula is C19H23ClF3N7O2. The first-order valence-electron chi connectivity index (χ1n) is 9.84. The van der Waals surface area contributed by atoms with Gasteiger partial charge in [-0.2, -0.15) is 13.2 Å². The minimum atomic E-state index is -4.53. The van der Waals surface area contributed by atoms with Crippen LogP contribution in [-0.4, -0.2) is 83.4 Å². The van der Waals surface area contributed by atoms with Gasteiger partial charge in [-0.3, -0.25) is 4.79 Å². The number of anilines is 3. The number of pyridine rings is 1. The lowest BCUT2D eigenvalue weighted by atomic mass is 10.3. The van der Waals surface area contributed by atoms with Crippen LogP contribution in [0.1, 0.15) is 6.42 Å². The van der Waals surface area contributed by atoms with Gasteiger partial charge in [0.05, 0.1) is 0 Å². The predicted octanol–water partition coefficient (Wildman–Crippen LogP) is 2.79. The number of halogens is 4. The number of hydrogen-bond donors (Lipinski definition) is 2. The maximum atomic E-state index is 12.5. The van der Waals surface area contributed by atoms with Crippen LogP contribution in [0.25, 0.3) is 0 Å². The largest absolute Gasteiger partial charge is 0.465 e. The molecule has 13 heteroatoms. The van der Waals surface area contributed by atoms with Crippen molar-refractivity contribution in [3.63, 3.8) is 0 Å². The average Bonchev–Trinajstić information content (AvgIpc) is 2.72. The molecule has 2 aromatic heterocycles. The zero-order valence-electron chi connectivity index (χ0n) is 17.3. The van der Waals surface area contributed by atoms with Crippen LogP contribution < -0.4 is 15.4 Å². The first kappa shape index (κ1) is 24.0. The summed E-state index contributed by atoms with van der Waals surface area (Å²) in [6.45, 7) is 2.91. The second-order valence-corrected chi connectivity index (χ2v) is 7.67. The molecule has 9 nitrogen and oxygen atoms in total. The molecule has 3 heterocycles. The summed E-state index contributed by atoms with van der Waals surface area (Å²) < 4.78 is 42.1. The molecule has 0 aliphatic carbocycles. The molecule has 0 bridgehead atoms. The number of ether oxygens (including phenoxy) is 1. The second kappa shape index (κ2) is 10.7. The number of carbonyl (C=O) groups excluding carboxylic acids is 1. The van der Waals surface area contributed by atoms with Crippen molar-refractivity contribution in [1.82, 2.24) is 25.0 Å². The molecule has 2 N–H and O–H groups in total. The number of rotatable bonds is 8. The Morgan fingerprint density at radius 2 is 1.97 bits per heavy atom. The Hall–Kier alpha value is -2.70. The van der Waals surface area contributed by atoms with Crippen molar-refractivity contribution < 1.29 is 22.7 Å². The maximum Gasteiger partial charge on any atom is 0.422 e. The summed E-state index contributed by atoms with van der Waals surface area (Å²) in [5.41, 5.74) is 0.531. The van der Waals surface area contributed by atoms with Crippen molar-refractivity contribution in [3.05, 3.63) is 29.5 Å². The maximum absolute atomic E-state index is 12.5. The summed E-state index contributed by atoms with van der Waals surface area (Å²) in [4.78, 5) is 20.9. The predicted molar refractivity (Wildman–Crippen MR) is 113 cm³/mol. The lowest BCUT2D eigenvalue weighted by Gasteiger charge is -2.32. The van der Waals surface area contributed by atoms with Crippen molar-refractivity contribution in [3.8, 4) is 5.88 Å². The standard InChI is InChI=1S/C19H23ClF3N7O2/c1-29-6-8-30(9-7-29)5-3-17(31)26-16-10-13(2-4-24-16)25-14-11-15(20)27-28-18(14)32-12-19(21,22)23/h2,4,10-11H,3,5-9,12H2,1H3,(H2,24,25,26,27,31). The molecule has 1 amide bonds. The fourth-order valence-electron chi connectivity index (χ4n) is 2.97. The van der Waals surface area contributed by atoms with Gasteiger partial charge in [-0.1, -0.05) is 11.6 Å². The molecule has 1 aliphatic heterocycles. The highest BCUT2D eigenvalue weighted by molar-refractivity contribution is 6.29. The summed E-state index contributed by atoms with van der Waals surface area (Å²) in [6, 6.07) is 4.40. The minimum absolute atomic E-state index is 0.0293. The quantitative estimate of drug-likeness (QED) is 0.604. The molecule has 0 atom stereocenters. The Labute approximate surface area is 187 Å². The third kappa shape index (κ3) is 7.77. The summed E-state index contributed by atoms with van der Waals surface area (Å²) in [5.74, 6) is -0.248. The van der Waals surface area contributed by atoms with E-state index in [0.717, 1.165) is 26.2 Å². The SMILES string of the molecule is CN1CCN(CCC(=O)Nc2cc(Nc3cc(Cl)nnc3OCC(F)(F)F)ccn2)CC1. The van der Waals surface area contributed by atoms with E-state index >= 15 is 0 Å². The van der Waals surface area contributed by atoms with Gasteiger partial charge in [0.2, 0.25) is 5.91 Å². The van der Waals surface area contributed by atoms with Gasteiger partial charge < -0.3 is 25.2 Å². The van der Waals surface area contributed by atoms with Crippen LogP contribution in [0.5, 0.6) is 5.88 Å². The third-order valence-corrected chi connectivity index (χ3v) is 4.84. The normalized spacial score (nSPS) is 15.4. The zero-order chi connectivity index (χ0) is 23.1. The molecule has 0 unspecified atom stereocenters. The lowest BCUT2D eigenvalue weighted by molar-refractivity contribution is -0.154. The summed E-state index contributed by atoms with van der Waals surface area (Å²) in [6.07, 6.45) is -2.76. The van der Waals surface area contributed by atoms with Gasteiger partial charge in [0, 0.05) is 63.2 Å². The first-order valence-corrected chi connectivity index (χ1v) is 10.2. The van der Waals surface area contributed by atoms with Gasteiger partial charge >= 0.3 is 6.18 Å². The van der Waals surface area contributed by atoms with E-state index < -0.39 is 12.8 Å². The van der Waals surface area contributed by atoms with Crippen LogP contribution in [-0.2, 0) is 4.79 Å². The number of piperazine rings is 1. The molecule has 32 heavy (non-hydrogen) atoms. The fraction of sp³-hybridized carbons (Fsp3) is 0.474. The highest BCUT2D eigenvalue weighted by Gasteiger charge is 2.29.